The normalized spacial score (nSPS) is 16.7. The van der Waals surface area contributed by atoms with Crippen LogP contribution in [-0.2, 0) is 20.7 Å². The molecule has 0 saturated carbocycles. The van der Waals surface area contributed by atoms with Gasteiger partial charge >= 0.3 is 0 Å². The third-order valence-electron chi connectivity index (χ3n) is 4.81. The number of nitrogens with zero attached hydrogens (tertiary/aromatic N) is 1. The van der Waals surface area contributed by atoms with E-state index in [0.717, 1.165) is 5.56 Å². The number of hydrogen-bond acceptors (Lipinski definition) is 4. The van der Waals surface area contributed by atoms with E-state index in [1.54, 1.807) is 0 Å². The van der Waals surface area contributed by atoms with Crippen LogP contribution >= 0.6 is 0 Å². The van der Waals surface area contributed by atoms with Gasteiger partial charge in [-0.2, -0.15) is 0 Å². The lowest BCUT2D eigenvalue weighted by atomic mass is 9.93. The van der Waals surface area contributed by atoms with Crippen LogP contribution < -0.4 is 0 Å². The molecule has 146 valence electrons. The van der Waals surface area contributed by atoms with Crippen LogP contribution in [0, 0.1) is 5.82 Å². The SMILES string of the molecule is COCCN1C(=O)C(O)=C(C(=O)CCc2ccccc2)C1c1ccc(F)cc1. The molecular weight excluding hydrogens is 361 g/mol. The molecule has 0 saturated heterocycles. The smallest absolute Gasteiger partial charge is 0.290 e. The van der Waals surface area contributed by atoms with Crippen molar-refractivity contribution >= 4 is 11.7 Å². The van der Waals surface area contributed by atoms with Gasteiger partial charge in [0.15, 0.2) is 11.5 Å². The number of methoxy groups -OCH3 is 1. The summed E-state index contributed by atoms with van der Waals surface area (Å²) < 4.78 is 18.4. The van der Waals surface area contributed by atoms with Crippen LogP contribution in [-0.4, -0.2) is 42.0 Å². The van der Waals surface area contributed by atoms with Crippen molar-refractivity contribution in [2.24, 2.45) is 0 Å². The fourth-order valence-corrected chi connectivity index (χ4v) is 3.39. The van der Waals surface area contributed by atoms with Gasteiger partial charge in [0.1, 0.15) is 5.82 Å². The van der Waals surface area contributed by atoms with Gasteiger partial charge in [-0.3, -0.25) is 9.59 Å². The van der Waals surface area contributed by atoms with Gasteiger partial charge in [-0.25, -0.2) is 4.39 Å². The molecule has 1 atom stereocenters. The third kappa shape index (κ3) is 4.12. The summed E-state index contributed by atoms with van der Waals surface area (Å²) in [6.07, 6.45) is 0.658. The Kier molecular flexibility index (Phi) is 6.21. The summed E-state index contributed by atoms with van der Waals surface area (Å²) in [5.74, 6) is -1.87. The van der Waals surface area contributed by atoms with E-state index in [4.69, 9.17) is 4.74 Å². The standard InChI is InChI=1S/C22H22FNO4/c1-28-14-13-24-20(16-8-10-17(23)11-9-16)19(21(26)22(24)27)18(25)12-7-15-5-3-2-4-6-15/h2-6,8-11,20,26H,7,12-14H2,1H3. The average molecular weight is 383 g/mol. The van der Waals surface area contributed by atoms with Crippen molar-refractivity contribution in [3.63, 3.8) is 0 Å². The molecule has 1 aliphatic rings. The molecular formula is C22H22FNO4. The molecule has 1 unspecified atom stereocenters. The molecule has 0 fully saturated rings. The van der Waals surface area contributed by atoms with Crippen molar-refractivity contribution in [1.82, 2.24) is 4.90 Å². The summed E-state index contributed by atoms with van der Waals surface area (Å²) in [4.78, 5) is 26.9. The molecule has 0 bridgehead atoms. The minimum atomic E-state index is -0.758. The number of benzene rings is 2. The quantitative estimate of drug-likeness (QED) is 0.759. The number of aliphatic hydroxyl groups excluding tert-OH is 1. The Balaban J connectivity index is 1.89. The fourth-order valence-electron chi connectivity index (χ4n) is 3.39. The molecule has 3 rings (SSSR count). The highest BCUT2D eigenvalue weighted by Gasteiger charge is 2.42. The van der Waals surface area contributed by atoms with E-state index >= 15 is 0 Å². The molecule has 2 aromatic rings. The number of aliphatic hydroxyl groups is 1. The Morgan fingerprint density at radius 2 is 1.82 bits per heavy atom. The fraction of sp³-hybridized carbons (Fsp3) is 0.273. The second-order valence-electron chi connectivity index (χ2n) is 6.62. The van der Waals surface area contributed by atoms with Crippen LogP contribution in [0.2, 0.25) is 0 Å². The van der Waals surface area contributed by atoms with Gasteiger partial charge in [0.25, 0.3) is 5.91 Å². The van der Waals surface area contributed by atoms with E-state index in [9.17, 15) is 19.1 Å². The van der Waals surface area contributed by atoms with Crippen LogP contribution in [0.3, 0.4) is 0 Å². The molecule has 6 heteroatoms. The van der Waals surface area contributed by atoms with Gasteiger partial charge in [0, 0.05) is 20.1 Å². The Hall–Kier alpha value is -2.99. The molecule has 1 aliphatic heterocycles. The first kappa shape index (κ1) is 19.8. The van der Waals surface area contributed by atoms with Crippen molar-refractivity contribution in [3.8, 4) is 0 Å². The van der Waals surface area contributed by atoms with Crippen LogP contribution in [0.4, 0.5) is 4.39 Å². The number of aryl methyl sites for hydroxylation is 1. The second-order valence-corrected chi connectivity index (χ2v) is 6.62. The zero-order chi connectivity index (χ0) is 20.1. The van der Waals surface area contributed by atoms with E-state index in [0.29, 0.717) is 12.0 Å². The summed E-state index contributed by atoms with van der Waals surface area (Å²) in [6, 6.07) is 14.4. The summed E-state index contributed by atoms with van der Waals surface area (Å²) >= 11 is 0. The van der Waals surface area contributed by atoms with E-state index in [1.165, 1.54) is 36.3 Å². The minimum absolute atomic E-state index is 0.0589. The molecule has 0 spiro atoms. The van der Waals surface area contributed by atoms with Crippen molar-refractivity contribution in [2.45, 2.75) is 18.9 Å². The summed E-state index contributed by atoms with van der Waals surface area (Å²) in [7, 11) is 1.51. The largest absolute Gasteiger partial charge is 0.503 e. The molecule has 0 radical (unpaired) electrons. The van der Waals surface area contributed by atoms with Crippen molar-refractivity contribution in [2.75, 3.05) is 20.3 Å². The number of hydrogen-bond donors (Lipinski definition) is 1. The van der Waals surface area contributed by atoms with Crippen molar-refractivity contribution < 1.29 is 23.8 Å². The third-order valence-corrected chi connectivity index (χ3v) is 4.81. The summed E-state index contributed by atoms with van der Waals surface area (Å²) in [5, 5.41) is 10.4. The lowest BCUT2D eigenvalue weighted by Gasteiger charge is -2.26. The zero-order valence-electron chi connectivity index (χ0n) is 15.6. The maximum Gasteiger partial charge on any atom is 0.290 e. The monoisotopic (exact) mass is 383 g/mol. The lowest BCUT2D eigenvalue weighted by Crippen LogP contribution is -2.34. The summed E-state index contributed by atoms with van der Waals surface area (Å²) in [6.45, 7) is 0.457. The number of ketones is 1. The van der Waals surface area contributed by atoms with Gasteiger partial charge in [0.2, 0.25) is 0 Å². The maximum absolute atomic E-state index is 13.4. The Morgan fingerprint density at radius 3 is 2.46 bits per heavy atom. The summed E-state index contributed by atoms with van der Waals surface area (Å²) in [5.41, 5.74) is 1.62. The van der Waals surface area contributed by atoms with Crippen LogP contribution in [0.25, 0.3) is 0 Å². The minimum Gasteiger partial charge on any atom is -0.503 e. The Bertz CT molecular complexity index is 877. The number of Topliss-reactive ketones (excluding diaryl/α,β-unsaturated/α-hetero) is 1. The first-order valence-corrected chi connectivity index (χ1v) is 9.08. The number of carbonyl (C=O) groups is 2. The maximum atomic E-state index is 13.4. The predicted octanol–water partition coefficient (Wildman–Crippen LogP) is 3.37. The van der Waals surface area contributed by atoms with E-state index in [-0.39, 0.29) is 30.9 Å². The molecule has 0 aromatic heterocycles. The number of amides is 1. The predicted molar refractivity (Wildman–Crippen MR) is 102 cm³/mol. The highest BCUT2D eigenvalue weighted by atomic mass is 19.1. The van der Waals surface area contributed by atoms with Gasteiger partial charge in [-0.05, 0) is 29.7 Å². The highest BCUT2D eigenvalue weighted by molar-refractivity contribution is 6.09. The average Bonchev–Trinajstić information content (AvgIpc) is 2.96. The molecule has 0 aliphatic carbocycles. The van der Waals surface area contributed by atoms with Crippen LogP contribution in [0.5, 0.6) is 0 Å². The van der Waals surface area contributed by atoms with Crippen molar-refractivity contribution in [1.29, 1.82) is 0 Å². The number of halogens is 1. The van der Waals surface area contributed by atoms with E-state index in [2.05, 4.69) is 0 Å². The van der Waals surface area contributed by atoms with Crippen molar-refractivity contribution in [3.05, 3.63) is 82.9 Å². The van der Waals surface area contributed by atoms with E-state index in [1.807, 2.05) is 30.3 Å². The highest BCUT2D eigenvalue weighted by Crippen LogP contribution is 2.38. The number of carbonyl (C=O) groups excluding carboxylic acids is 2. The Labute approximate surface area is 163 Å². The number of rotatable bonds is 8. The molecule has 5 nitrogen and oxygen atoms in total. The van der Waals surface area contributed by atoms with E-state index < -0.39 is 23.5 Å². The second kappa shape index (κ2) is 8.80. The van der Waals surface area contributed by atoms with Crippen LogP contribution in [0.1, 0.15) is 23.6 Å². The van der Waals surface area contributed by atoms with Gasteiger partial charge in [-0.15, -0.1) is 0 Å². The molecule has 28 heavy (non-hydrogen) atoms. The first-order valence-electron chi connectivity index (χ1n) is 9.08. The zero-order valence-corrected chi connectivity index (χ0v) is 15.6. The van der Waals surface area contributed by atoms with Gasteiger partial charge < -0.3 is 14.7 Å². The first-order chi connectivity index (χ1) is 13.5. The van der Waals surface area contributed by atoms with Crippen LogP contribution in [0.15, 0.2) is 65.9 Å². The molecule has 1 N–H and O–H groups in total. The molecule has 1 amide bonds. The lowest BCUT2D eigenvalue weighted by molar-refractivity contribution is -0.130. The molecule has 2 aromatic carbocycles. The number of ether oxygens (including phenoxy) is 1. The Morgan fingerprint density at radius 1 is 1.14 bits per heavy atom. The van der Waals surface area contributed by atoms with Gasteiger partial charge in [-0.1, -0.05) is 42.5 Å². The molecule has 1 heterocycles. The van der Waals surface area contributed by atoms with Gasteiger partial charge in [0.05, 0.1) is 18.2 Å². The topological polar surface area (TPSA) is 66.8 Å².